The van der Waals surface area contributed by atoms with Crippen LogP contribution in [0.4, 0.5) is 0 Å². The Morgan fingerprint density at radius 1 is 1.40 bits per heavy atom. The maximum atomic E-state index is 12.0. The van der Waals surface area contributed by atoms with E-state index in [1.165, 1.54) is 17.4 Å². The molecule has 0 aliphatic rings. The maximum Gasteiger partial charge on any atom is 0.255 e. The molecule has 0 saturated heterocycles. The monoisotopic (exact) mass is 291 g/mol. The van der Waals surface area contributed by atoms with Crippen LogP contribution in [0.5, 0.6) is 5.75 Å². The van der Waals surface area contributed by atoms with E-state index in [1.54, 1.807) is 19.1 Å². The number of nitrogens with one attached hydrogen (secondary N) is 1. The van der Waals surface area contributed by atoms with Gasteiger partial charge in [0.05, 0.1) is 12.1 Å². The average Bonchev–Trinajstić information content (AvgIpc) is 2.90. The van der Waals surface area contributed by atoms with Crippen LogP contribution in [0.1, 0.15) is 28.4 Å². The Hall–Kier alpha value is -1.85. The third kappa shape index (κ3) is 3.18. The van der Waals surface area contributed by atoms with Crippen LogP contribution in [0.2, 0.25) is 0 Å². The zero-order chi connectivity index (χ0) is 14.8. The molecule has 3 N–H and O–H groups in total. The molecule has 20 heavy (non-hydrogen) atoms. The summed E-state index contributed by atoms with van der Waals surface area (Å²) in [5.41, 5.74) is 0.715. The number of phenolic OH excluding ortho intramolecular Hbond substituents is 1. The second-order valence-corrected chi connectivity index (χ2v) is 5.77. The summed E-state index contributed by atoms with van der Waals surface area (Å²) in [6.45, 7) is 3.56. The van der Waals surface area contributed by atoms with Gasteiger partial charge in [-0.2, -0.15) is 11.3 Å². The van der Waals surface area contributed by atoms with Gasteiger partial charge in [-0.15, -0.1) is 0 Å². The van der Waals surface area contributed by atoms with E-state index in [9.17, 15) is 15.0 Å². The van der Waals surface area contributed by atoms with E-state index in [0.717, 1.165) is 11.1 Å². The quantitative estimate of drug-likeness (QED) is 0.810. The molecule has 1 amide bonds. The number of aryl methyl sites for hydroxylation is 1. The number of aromatic hydroxyl groups is 1. The SMILES string of the molecule is Cc1ccc(C(=O)NCC(C)(O)c2ccsc2)c(O)c1. The molecular weight excluding hydrogens is 274 g/mol. The third-order valence-corrected chi connectivity index (χ3v) is 3.82. The lowest BCUT2D eigenvalue weighted by molar-refractivity contribution is 0.0529. The molecule has 0 radical (unpaired) electrons. The smallest absolute Gasteiger partial charge is 0.255 e. The lowest BCUT2D eigenvalue weighted by Crippen LogP contribution is -2.38. The molecule has 1 heterocycles. The molecule has 0 saturated carbocycles. The molecule has 1 aromatic carbocycles. The summed E-state index contributed by atoms with van der Waals surface area (Å²) in [6.07, 6.45) is 0. The lowest BCUT2D eigenvalue weighted by Gasteiger charge is -2.23. The van der Waals surface area contributed by atoms with E-state index >= 15 is 0 Å². The van der Waals surface area contributed by atoms with Crippen molar-refractivity contribution in [2.24, 2.45) is 0 Å². The van der Waals surface area contributed by atoms with E-state index in [-0.39, 0.29) is 17.9 Å². The molecule has 5 heteroatoms. The second kappa shape index (κ2) is 5.64. The predicted octanol–water partition coefficient (Wildman–Crippen LogP) is 2.40. The van der Waals surface area contributed by atoms with Gasteiger partial charge in [-0.05, 0) is 53.9 Å². The Kier molecular flexibility index (Phi) is 4.11. The Labute approximate surface area is 121 Å². The van der Waals surface area contributed by atoms with Gasteiger partial charge in [-0.1, -0.05) is 6.07 Å². The van der Waals surface area contributed by atoms with Gasteiger partial charge in [0.2, 0.25) is 0 Å². The Morgan fingerprint density at radius 3 is 2.75 bits per heavy atom. The van der Waals surface area contributed by atoms with E-state index in [4.69, 9.17) is 0 Å². The zero-order valence-electron chi connectivity index (χ0n) is 11.4. The first-order chi connectivity index (χ1) is 9.40. The fraction of sp³-hybridized carbons (Fsp3) is 0.267. The summed E-state index contributed by atoms with van der Waals surface area (Å²) < 4.78 is 0. The number of hydrogen-bond donors (Lipinski definition) is 3. The van der Waals surface area contributed by atoms with Crippen molar-refractivity contribution in [1.29, 1.82) is 0 Å². The zero-order valence-corrected chi connectivity index (χ0v) is 12.2. The molecule has 2 rings (SSSR count). The van der Waals surface area contributed by atoms with Crippen molar-refractivity contribution in [2.75, 3.05) is 6.54 Å². The predicted molar refractivity (Wildman–Crippen MR) is 79.1 cm³/mol. The van der Waals surface area contributed by atoms with Gasteiger partial charge in [-0.25, -0.2) is 0 Å². The van der Waals surface area contributed by atoms with Crippen LogP contribution in [0, 0.1) is 6.92 Å². The molecule has 2 aromatic rings. The van der Waals surface area contributed by atoms with E-state index in [1.807, 2.05) is 23.8 Å². The van der Waals surface area contributed by atoms with E-state index in [2.05, 4.69) is 5.32 Å². The number of aliphatic hydroxyl groups is 1. The summed E-state index contributed by atoms with van der Waals surface area (Å²) in [7, 11) is 0. The maximum absolute atomic E-state index is 12.0. The molecular formula is C15H17NO3S. The number of rotatable bonds is 4. The Morgan fingerprint density at radius 2 is 2.15 bits per heavy atom. The van der Waals surface area contributed by atoms with Crippen LogP contribution in [0.15, 0.2) is 35.0 Å². The number of amides is 1. The third-order valence-electron chi connectivity index (χ3n) is 3.13. The molecule has 0 aliphatic heterocycles. The van der Waals surface area contributed by atoms with Gasteiger partial charge in [0.25, 0.3) is 5.91 Å². The molecule has 0 spiro atoms. The average molecular weight is 291 g/mol. The van der Waals surface area contributed by atoms with Gasteiger partial charge >= 0.3 is 0 Å². The number of thiophene rings is 1. The summed E-state index contributed by atoms with van der Waals surface area (Å²) in [4.78, 5) is 12.0. The number of benzene rings is 1. The first-order valence-electron chi connectivity index (χ1n) is 6.23. The minimum Gasteiger partial charge on any atom is -0.507 e. The molecule has 0 fully saturated rings. The van der Waals surface area contributed by atoms with E-state index in [0.29, 0.717) is 0 Å². The van der Waals surface area contributed by atoms with Gasteiger partial charge < -0.3 is 15.5 Å². The summed E-state index contributed by atoms with van der Waals surface area (Å²) in [6, 6.07) is 6.68. The van der Waals surface area contributed by atoms with Crippen molar-refractivity contribution in [3.8, 4) is 5.75 Å². The first-order valence-corrected chi connectivity index (χ1v) is 7.17. The molecule has 1 atom stereocenters. The van der Waals surface area contributed by atoms with E-state index < -0.39 is 11.5 Å². The van der Waals surface area contributed by atoms with Crippen LogP contribution in [-0.4, -0.2) is 22.7 Å². The van der Waals surface area contributed by atoms with Gasteiger partial charge in [0.15, 0.2) is 0 Å². The van der Waals surface area contributed by atoms with Gasteiger partial charge in [-0.3, -0.25) is 4.79 Å². The van der Waals surface area contributed by atoms with Crippen molar-refractivity contribution in [3.63, 3.8) is 0 Å². The highest BCUT2D eigenvalue weighted by Gasteiger charge is 2.24. The minimum absolute atomic E-state index is 0.0577. The van der Waals surface area contributed by atoms with Crippen LogP contribution >= 0.6 is 11.3 Å². The molecule has 4 nitrogen and oxygen atoms in total. The number of carbonyl (C=O) groups is 1. The van der Waals surface area contributed by atoms with Gasteiger partial charge in [0.1, 0.15) is 11.4 Å². The largest absolute Gasteiger partial charge is 0.507 e. The first kappa shape index (κ1) is 14.6. The van der Waals surface area contributed by atoms with Crippen molar-refractivity contribution < 1.29 is 15.0 Å². The standard InChI is InChI=1S/C15H17NO3S/c1-10-3-4-12(13(17)7-10)14(18)16-9-15(2,19)11-5-6-20-8-11/h3-8,17,19H,9H2,1-2H3,(H,16,18). The molecule has 0 aliphatic carbocycles. The van der Waals surface area contributed by atoms with Crippen LogP contribution in [0.3, 0.4) is 0 Å². The van der Waals surface area contributed by atoms with Crippen molar-refractivity contribution in [2.45, 2.75) is 19.4 Å². The minimum atomic E-state index is -1.13. The Balaban J connectivity index is 2.05. The van der Waals surface area contributed by atoms with Crippen molar-refractivity contribution >= 4 is 17.2 Å². The van der Waals surface area contributed by atoms with Crippen molar-refractivity contribution in [3.05, 3.63) is 51.7 Å². The summed E-state index contributed by atoms with van der Waals surface area (Å²) >= 11 is 1.49. The molecule has 0 bridgehead atoms. The van der Waals surface area contributed by atoms with Crippen LogP contribution in [-0.2, 0) is 5.60 Å². The molecule has 1 unspecified atom stereocenters. The van der Waals surface area contributed by atoms with Crippen LogP contribution in [0.25, 0.3) is 0 Å². The normalized spacial score (nSPS) is 13.8. The molecule has 106 valence electrons. The lowest BCUT2D eigenvalue weighted by atomic mass is 9.99. The number of carbonyl (C=O) groups excluding carboxylic acids is 1. The fourth-order valence-electron chi connectivity index (χ4n) is 1.85. The highest BCUT2D eigenvalue weighted by molar-refractivity contribution is 7.08. The summed E-state index contributed by atoms with van der Waals surface area (Å²) in [5.74, 6) is -0.462. The fourth-order valence-corrected chi connectivity index (χ4v) is 2.64. The second-order valence-electron chi connectivity index (χ2n) is 4.99. The molecule has 1 aromatic heterocycles. The highest BCUT2D eigenvalue weighted by atomic mass is 32.1. The number of hydrogen-bond acceptors (Lipinski definition) is 4. The highest BCUT2D eigenvalue weighted by Crippen LogP contribution is 2.23. The topological polar surface area (TPSA) is 69.6 Å². The van der Waals surface area contributed by atoms with Crippen LogP contribution < -0.4 is 5.32 Å². The number of phenols is 1. The van der Waals surface area contributed by atoms with Crippen molar-refractivity contribution in [1.82, 2.24) is 5.32 Å². The van der Waals surface area contributed by atoms with Gasteiger partial charge in [0, 0.05) is 0 Å². The Bertz CT molecular complexity index is 606. The summed E-state index contributed by atoms with van der Waals surface area (Å²) in [5, 5.41) is 26.4.